The number of hydrogen-bond acceptors (Lipinski definition) is 3. The van der Waals surface area contributed by atoms with Crippen molar-refractivity contribution in [3.05, 3.63) is 69.2 Å². The molecule has 0 spiro atoms. The van der Waals surface area contributed by atoms with Gasteiger partial charge in [0.1, 0.15) is 0 Å². The third-order valence-corrected chi connectivity index (χ3v) is 4.29. The van der Waals surface area contributed by atoms with Crippen LogP contribution in [0.3, 0.4) is 0 Å². The summed E-state index contributed by atoms with van der Waals surface area (Å²) in [6.07, 6.45) is 1.01. The lowest BCUT2D eigenvalue weighted by atomic mass is 10.1. The SMILES string of the molecule is O=[N+]([O-])c1ccc(Cl)c(NC(=S)N[C@@H]2C[C@@H]2c2ccccc2)c1. The molecule has 118 valence electrons. The quantitative estimate of drug-likeness (QED) is 0.495. The van der Waals surface area contributed by atoms with Crippen molar-refractivity contribution in [1.82, 2.24) is 5.32 Å². The Kier molecular flexibility index (Phi) is 4.45. The summed E-state index contributed by atoms with van der Waals surface area (Å²) in [5.74, 6) is 0.441. The van der Waals surface area contributed by atoms with E-state index < -0.39 is 4.92 Å². The smallest absolute Gasteiger partial charge is 0.271 e. The number of anilines is 1. The lowest BCUT2D eigenvalue weighted by Gasteiger charge is -2.11. The Labute approximate surface area is 143 Å². The van der Waals surface area contributed by atoms with Crippen molar-refractivity contribution in [2.75, 3.05) is 5.32 Å². The molecule has 5 nitrogen and oxygen atoms in total. The highest BCUT2D eigenvalue weighted by molar-refractivity contribution is 7.80. The molecule has 1 fully saturated rings. The van der Waals surface area contributed by atoms with Gasteiger partial charge in [-0.1, -0.05) is 41.9 Å². The van der Waals surface area contributed by atoms with E-state index in [9.17, 15) is 10.1 Å². The van der Waals surface area contributed by atoms with Gasteiger partial charge in [0, 0.05) is 24.1 Å². The zero-order chi connectivity index (χ0) is 16.4. The van der Waals surface area contributed by atoms with Crippen molar-refractivity contribution in [2.24, 2.45) is 0 Å². The molecule has 7 heteroatoms. The number of rotatable bonds is 4. The normalized spacial score (nSPS) is 19.0. The second kappa shape index (κ2) is 6.52. The standard InChI is InChI=1S/C16H14ClN3O2S/c17-13-7-6-11(20(21)22)8-15(13)19-16(23)18-14-9-12(14)10-4-2-1-3-5-10/h1-8,12,14H,9H2,(H2,18,19,23)/t12-,14-/m1/s1. The molecule has 2 atom stereocenters. The lowest BCUT2D eigenvalue weighted by molar-refractivity contribution is -0.384. The van der Waals surface area contributed by atoms with E-state index in [1.807, 2.05) is 18.2 Å². The Morgan fingerprint density at radius 1 is 1.26 bits per heavy atom. The van der Waals surface area contributed by atoms with Crippen molar-refractivity contribution < 1.29 is 4.92 Å². The van der Waals surface area contributed by atoms with Gasteiger partial charge in [-0.25, -0.2) is 0 Å². The summed E-state index contributed by atoms with van der Waals surface area (Å²) in [4.78, 5) is 10.4. The molecule has 2 N–H and O–H groups in total. The molecule has 0 heterocycles. The number of thiocarbonyl (C=S) groups is 1. The Balaban J connectivity index is 1.61. The van der Waals surface area contributed by atoms with Crippen LogP contribution in [0.25, 0.3) is 0 Å². The van der Waals surface area contributed by atoms with E-state index in [2.05, 4.69) is 22.8 Å². The molecule has 2 aromatic carbocycles. The van der Waals surface area contributed by atoms with Crippen LogP contribution in [0.5, 0.6) is 0 Å². The van der Waals surface area contributed by atoms with Crippen molar-refractivity contribution in [3.63, 3.8) is 0 Å². The second-order valence-corrected chi connectivity index (χ2v) is 6.19. The van der Waals surface area contributed by atoms with Crippen LogP contribution in [-0.4, -0.2) is 16.1 Å². The van der Waals surface area contributed by atoms with E-state index in [1.54, 1.807) is 0 Å². The van der Waals surface area contributed by atoms with Gasteiger partial charge in [0.15, 0.2) is 5.11 Å². The number of halogens is 1. The molecular weight excluding hydrogens is 334 g/mol. The predicted octanol–water partition coefficient (Wildman–Crippen LogP) is 4.09. The van der Waals surface area contributed by atoms with Crippen LogP contribution in [-0.2, 0) is 0 Å². The summed E-state index contributed by atoms with van der Waals surface area (Å²) >= 11 is 11.3. The Morgan fingerprint density at radius 3 is 2.70 bits per heavy atom. The summed E-state index contributed by atoms with van der Waals surface area (Å²) < 4.78 is 0. The summed E-state index contributed by atoms with van der Waals surface area (Å²) in [6, 6.07) is 14.7. The van der Waals surface area contributed by atoms with Gasteiger partial charge in [-0.3, -0.25) is 10.1 Å². The molecule has 1 aliphatic rings. The van der Waals surface area contributed by atoms with E-state index >= 15 is 0 Å². The third kappa shape index (κ3) is 3.78. The van der Waals surface area contributed by atoms with Gasteiger partial charge in [-0.2, -0.15) is 0 Å². The average molecular weight is 348 g/mol. The van der Waals surface area contributed by atoms with Crippen LogP contribution in [0.1, 0.15) is 17.9 Å². The van der Waals surface area contributed by atoms with E-state index in [4.69, 9.17) is 23.8 Å². The summed E-state index contributed by atoms with van der Waals surface area (Å²) in [7, 11) is 0. The highest BCUT2D eigenvalue weighted by Crippen LogP contribution is 2.40. The largest absolute Gasteiger partial charge is 0.359 e. The number of nitrogens with zero attached hydrogens (tertiary/aromatic N) is 1. The lowest BCUT2D eigenvalue weighted by Crippen LogP contribution is -2.31. The number of hydrogen-bond donors (Lipinski definition) is 2. The summed E-state index contributed by atoms with van der Waals surface area (Å²) in [6.45, 7) is 0. The number of nitrogens with one attached hydrogen (secondary N) is 2. The zero-order valence-electron chi connectivity index (χ0n) is 12.0. The van der Waals surface area contributed by atoms with Gasteiger partial charge < -0.3 is 10.6 Å². The van der Waals surface area contributed by atoms with Crippen LogP contribution in [0, 0.1) is 10.1 Å². The minimum atomic E-state index is -0.468. The van der Waals surface area contributed by atoms with Gasteiger partial charge in [-0.15, -0.1) is 0 Å². The molecule has 0 aromatic heterocycles. The maximum absolute atomic E-state index is 10.8. The fourth-order valence-electron chi connectivity index (χ4n) is 2.47. The molecule has 0 unspecified atom stereocenters. The molecule has 0 radical (unpaired) electrons. The topological polar surface area (TPSA) is 67.2 Å². The van der Waals surface area contributed by atoms with Crippen molar-refractivity contribution in [3.8, 4) is 0 Å². The Hall–Kier alpha value is -2.18. The van der Waals surface area contributed by atoms with Gasteiger partial charge in [-0.05, 0) is 30.3 Å². The maximum Gasteiger partial charge on any atom is 0.271 e. The third-order valence-electron chi connectivity index (χ3n) is 3.74. The minimum Gasteiger partial charge on any atom is -0.359 e. The number of nitro benzene ring substituents is 1. The zero-order valence-corrected chi connectivity index (χ0v) is 13.6. The van der Waals surface area contributed by atoms with E-state index in [1.165, 1.54) is 23.8 Å². The molecule has 1 aliphatic carbocycles. The first-order valence-corrected chi connectivity index (χ1v) is 7.89. The fourth-order valence-corrected chi connectivity index (χ4v) is 2.90. The molecule has 0 bridgehead atoms. The number of nitro groups is 1. The molecular formula is C16H14ClN3O2S. The molecule has 3 rings (SSSR count). The second-order valence-electron chi connectivity index (χ2n) is 5.38. The first-order chi connectivity index (χ1) is 11.0. The van der Waals surface area contributed by atoms with Gasteiger partial charge in [0.2, 0.25) is 0 Å². The number of benzene rings is 2. The number of non-ortho nitro benzene ring substituents is 1. The van der Waals surface area contributed by atoms with Gasteiger partial charge in [0.05, 0.1) is 15.6 Å². The van der Waals surface area contributed by atoms with Crippen molar-refractivity contribution >= 4 is 40.3 Å². The first-order valence-electron chi connectivity index (χ1n) is 7.11. The minimum absolute atomic E-state index is 0.0340. The maximum atomic E-state index is 10.8. The van der Waals surface area contributed by atoms with Crippen LogP contribution >= 0.6 is 23.8 Å². The Bertz CT molecular complexity index is 754. The highest BCUT2D eigenvalue weighted by Gasteiger charge is 2.38. The highest BCUT2D eigenvalue weighted by atomic mass is 35.5. The summed E-state index contributed by atoms with van der Waals surface area (Å²) in [5, 5.41) is 17.8. The molecule has 0 saturated heterocycles. The van der Waals surface area contributed by atoms with Crippen LogP contribution < -0.4 is 10.6 Å². The predicted molar refractivity (Wildman–Crippen MR) is 95.1 cm³/mol. The van der Waals surface area contributed by atoms with E-state index in [0.29, 0.717) is 21.7 Å². The summed E-state index contributed by atoms with van der Waals surface area (Å²) in [5.41, 5.74) is 1.67. The average Bonchev–Trinajstić information content (AvgIpc) is 3.29. The van der Waals surface area contributed by atoms with Crippen LogP contribution in [0.4, 0.5) is 11.4 Å². The molecule has 1 saturated carbocycles. The fraction of sp³-hybridized carbons (Fsp3) is 0.188. The molecule has 2 aromatic rings. The van der Waals surface area contributed by atoms with Crippen LogP contribution in [0.2, 0.25) is 5.02 Å². The van der Waals surface area contributed by atoms with E-state index in [0.717, 1.165) is 6.42 Å². The first kappa shape index (κ1) is 15.7. The van der Waals surface area contributed by atoms with E-state index in [-0.39, 0.29) is 11.7 Å². The monoisotopic (exact) mass is 347 g/mol. The molecule has 0 amide bonds. The molecule has 0 aliphatic heterocycles. The molecule has 23 heavy (non-hydrogen) atoms. The van der Waals surface area contributed by atoms with Crippen LogP contribution in [0.15, 0.2) is 48.5 Å². The van der Waals surface area contributed by atoms with Gasteiger partial charge >= 0.3 is 0 Å². The van der Waals surface area contributed by atoms with Crippen molar-refractivity contribution in [2.45, 2.75) is 18.4 Å². The van der Waals surface area contributed by atoms with Crippen molar-refractivity contribution in [1.29, 1.82) is 0 Å². The Morgan fingerprint density at radius 2 is 2.00 bits per heavy atom. The van der Waals surface area contributed by atoms with Gasteiger partial charge in [0.25, 0.3) is 5.69 Å².